The molecule has 0 unspecified atom stereocenters. The third-order valence-electron chi connectivity index (χ3n) is 6.48. The van der Waals surface area contributed by atoms with Crippen LogP contribution in [0.5, 0.6) is 0 Å². The molecule has 12 nitrogen and oxygen atoms in total. The van der Waals surface area contributed by atoms with Gasteiger partial charge in [-0.25, -0.2) is 19.3 Å². The van der Waals surface area contributed by atoms with Gasteiger partial charge in [-0.3, -0.25) is 19.1 Å². The molecule has 0 aliphatic rings. The number of carbonyl (C=O) groups is 1. The lowest BCUT2D eigenvalue weighted by Gasteiger charge is -2.08. The molecule has 0 fully saturated rings. The molecular formula is C25H25IN8O4S. The van der Waals surface area contributed by atoms with Gasteiger partial charge in [-0.15, -0.1) is 5.10 Å². The lowest BCUT2D eigenvalue weighted by molar-refractivity contribution is -0.136. The van der Waals surface area contributed by atoms with Crippen molar-refractivity contribution in [3.8, 4) is 0 Å². The van der Waals surface area contributed by atoms with Crippen molar-refractivity contribution in [1.82, 2.24) is 38.7 Å². The molecular weight excluding hydrogens is 635 g/mol. The van der Waals surface area contributed by atoms with Crippen molar-refractivity contribution in [1.29, 1.82) is 0 Å². The van der Waals surface area contributed by atoms with Crippen LogP contribution in [0, 0.1) is 17.4 Å². The Labute approximate surface area is 239 Å². The molecule has 0 spiro atoms. The number of carboxylic acids is 1. The Balaban J connectivity index is 1.48. The Kier molecular flexibility index (Phi) is 7.57. The zero-order valence-corrected chi connectivity index (χ0v) is 24.4. The number of hydrogen-bond acceptors (Lipinski definition) is 8. The number of carboxylic acid groups (broad SMARTS) is 1. The number of rotatable bonds is 9. The number of hydrogen-bond donors (Lipinski definition) is 2. The van der Waals surface area contributed by atoms with Crippen molar-refractivity contribution in [2.45, 2.75) is 57.6 Å². The Bertz CT molecular complexity index is 1840. The Hall–Kier alpha value is -3.53. The van der Waals surface area contributed by atoms with E-state index in [1.807, 2.05) is 45.0 Å². The van der Waals surface area contributed by atoms with Crippen molar-refractivity contribution in [3.05, 3.63) is 77.0 Å². The van der Waals surface area contributed by atoms with Crippen LogP contribution in [0.4, 0.5) is 0 Å². The SMILES string of the molecule is CCn1c(CSc2nc3nc(C)c(CCC(=O)O)c(C)n3n2)nc2c1c(=O)[nH]c(=O)n2Cc1ccc(I)cc1. The van der Waals surface area contributed by atoms with Crippen LogP contribution < -0.4 is 11.2 Å². The van der Waals surface area contributed by atoms with Crippen LogP contribution in [0.1, 0.15) is 41.7 Å². The van der Waals surface area contributed by atoms with Crippen LogP contribution in [0.2, 0.25) is 0 Å². The molecule has 0 atom stereocenters. The number of imidazole rings is 1. The Morgan fingerprint density at radius 1 is 1.10 bits per heavy atom. The van der Waals surface area contributed by atoms with Gasteiger partial charge in [0.05, 0.1) is 12.3 Å². The molecule has 0 saturated heterocycles. The standard InChI is InChI=1S/C25H25IN8O4S/c1-4-32-18(12-39-24-30-23-27-13(2)17(9-10-19(35)36)14(3)34(23)31-24)28-21-20(32)22(37)29-25(38)33(21)11-15-5-7-16(26)8-6-15/h5-8H,4,9-12H2,1-3H3,(H,35,36)(H,29,37,38). The number of aromatic amines is 1. The molecule has 5 rings (SSSR count). The molecule has 202 valence electrons. The summed E-state index contributed by atoms with van der Waals surface area (Å²) >= 11 is 3.57. The Morgan fingerprint density at radius 2 is 1.85 bits per heavy atom. The number of nitrogens with zero attached hydrogens (tertiary/aromatic N) is 7. The van der Waals surface area contributed by atoms with E-state index in [9.17, 15) is 14.4 Å². The van der Waals surface area contributed by atoms with E-state index in [0.29, 0.717) is 46.6 Å². The second-order valence-electron chi connectivity index (χ2n) is 8.97. The van der Waals surface area contributed by atoms with Gasteiger partial charge in [0, 0.05) is 27.9 Å². The molecule has 4 heterocycles. The summed E-state index contributed by atoms with van der Waals surface area (Å²) in [7, 11) is 0. The lowest BCUT2D eigenvalue weighted by Crippen LogP contribution is -2.31. The van der Waals surface area contributed by atoms with Crippen LogP contribution >= 0.6 is 34.4 Å². The number of fused-ring (bicyclic) bond motifs is 2. The highest BCUT2D eigenvalue weighted by atomic mass is 127. The molecule has 39 heavy (non-hydrogen) atoms. The zero-order chi connectivity index (χ0) is 27.8. The number of benzene rings is 1. The summed E-state index contributed by atoms with van der Waals surface area (Å²) in [5.41, 5.74) is 2.97. The minimum atomic E-state index is -0.870. The average molecular weight is 660 g/mol. The third kappa shape index (κ3) is 5.34. The summed E-state index contributed by atoms with van der Waals surface area (Å²) in [5, 5.41) is 14.1. The molecule has 0 aliphatic heterocycles. The van der Waals surface area contributed by atoms with Crippen molar-refractivity contribution in [2.75, 3.05) is 0 Å². The van der Waals surface area contributed by atoms with Crippen molar-refractivity contribution < 1.29 is 9.90 Å². The molecule has 5 aromatic rings. The largest absolute Gasteiger partial charge is 0.481 e. The molecule has 0 saturated carbocycles. The molecule has 1 aromatic carbocycles. The summed E-state index contributed by atoms with van der Waals surface area (Å²) in [6.07, 6.45) is 0.365. The monoisotopic (exact) mass is 660 g/mol. The molecule has 0 bridgehead atoms. The smallest absolute Gasteiger partial charge is 0.330 e. The molecule has 0 radical (unpaired) electrons. The van der Waals surface area contributed by atoms with Crippen molar-refractivity contribution in [2.24, 2.45) is 0 Å². The molecule has 0 aliphatic carbocycles. The fourth-order valence-corrected chi connectivity index (χ4v) is 5.69. The fourth-order valence-electron chi connectivity index (χ4n) is 4.56. The summed E-state index contributed by atoms with van der Waals surface area (Å²) in [5.74, 6) is 0.538. The van der Waals surface area contributed by atoms with Crippen molar-refractivity contribution >= 4 is 57.3 Å². The van der Waals surface area contributed by atoms with Gasteiger partial charge in [0.2, 0.25) is 5.16 Å². The van der Waals surface area contributed by atoms with E-state index in [0.717, 1.165) is 26.1 Å². The summed E-state index contributed by atoms with van der Waals surface area (Å²) < 4.78 is 6.00. The minimum absolute atomic E-state index is 0.00614. The van der Waals surface area contributed by atoms with Crippen LogP contribution in [-0.4, -0.2) is 49.8 Å². The number of aromatic nitrogens is 8. The first-order valence-corrected chi connectivity index (χ1v) is 14.3. The second-order valence-corrected chi connectivity index (χ2v) is 11.2. The van der Waals surface area contributed by atoms with Gasteiger partial charge in [0.25, 0.3) is 11.3 Å². The lowest BCUT2D eigenvalue weighted by atomic mass is 10.1. The molecule has 4 aromatic heterocycles. The van der Waals surface area contributed by atoms with E-state index in [2.05, 4.69) is 42.6 Å². The van der Waals surface area contributed by atoms with E-state index in [-0.39, 0.29) is 13.0 Å². The van der Waals surface area contributed by atoms with Crippen LogP contribution in [0.25, 0.3) is 16.9 Å². The predicted molar refractivity (Wildman–Crippen MR) is 154 cm³/mol. The van der Waals surface area contributed by atoms with Gasteiger partial charge < -0.3 is 9.67 Å². The fraction of sp³-hybridized carbons (Fsp3) is 0.320. The van der Waals surface area contributed by atoms with E-state index in [1.165, 1.54) is 16.3 Å². The summed E-state index contributed by atoms with van der Waals surface area (Å²) in [4.78, 5) is 52.9. The van der Waals surface area contributed by atoms with E-state index in [4.69, 9.17) is 10.1 Å². The Morgan fingerprint density at radius 3 is 2.54 bits per heavy atom. The topological polar surface area (TPSA) is 153 Å². The van der Waals surface area contributed by atoms with E-state index in [1.54, 1.807) is 9.08 Å². The molecule has 2 N–H and O–H groups in total. The highest BCUT2D eigenvalue weighted by Gasteiger charge is 2.20. The first-order valence-electron chi connectivity index (χ1n) is 12.2. The highest BCUT2D eigenvalue weighted by Crippen LogP contribution is 2.24. The zero-order valence-electron chi connectivity index (χ0n) is 21.4. The maximum Gasteiger partial charge on any atom is 0.330 e. The minimum Gasteiger partial charge on any atom is -0.481 e. The second kappa shape index (κ2) is 10.9. The number of aliphatic carboxylic acids is 1. The number of aryl methyl sites for hydroxylation is 3. The average Bonchev–Trinajstić information content (AvgIpc) is 3.47. The number of thioether (sulfide) groups is 1. The van der Waals surface area contributed by atoms with Gasteiger partial charge in [0.15, 0.2) is 11.2 Å². The third-order valence-corrected chi connectivity index (χ3v) is 8.04. The van der Waals surface area contributed by atoms with Crippen LogP contribution in [0.15, 0.2) is 39.0 Å². The van der Waals surface area contributed by atoms with Gasteiger partial charge in [-0.1, -0.05) is 23.9 Å². The normalized spacial score (nSPS) is 11.6. The number of halogens is 1. The predicted octanol–water partition coefficient (Wildman–Crippen LogP) is 2.92. The summed E-state index contributed by atoms with van der Waals surface area (Å²) in [6.45, 7) is 6.39. The maximum atomic E-state index is 12.8. The highest BCUT2D eigenvalue weighted by molar-refractivity contribution is 14.1. The molecule has 14 heteroatoms. The molecule has 0 amide bonds. The van der Waals surface area contributed by atoms with Gasteiger partial charge in [0.1, 0.15) is 5.82 Å². The summed E-state index contributed by atoms with van der Waals surface area (Å²) in [6, 6.07) is 7.81. The van der Waals surface area contributed by atoms with E-state index < -0.39 is 17.2 Å². The van der Waals surface area contributed by atoms with Gasteiger partial charge in [-0.05, 0) is 73.0 Å². The first kappa shape index (κ1) is 27.1. The maximum absolute atomic E-state index is 12.8. The quantitative estimate of drug-likeness (QED) is 0.180. The van der Waals surface area contributed by atoms with Crippen LogP contribution in [0.3, 0.4) is 0 Å². The van der Waals surface area contributed by atoms with Gasteiger partial charge >= 0.3 is 11.7 Å². The van der Waals surface area contributed by atoms with E-state index >= 15 is 0 Å². The number of H-pyrrole nitrogens is 1. The van der Waals surface area contributed by atoms with Gasteiger partial charge in [-0.2, -0.15) is 4.98 Å². The first-order chi connectivity index (χ1) is 18.7. The van der Waals surface area contributed by atoms with Crippen molar-refractivity contribution in [3.63, 3.8) is 0 Å². The number of nitrogens with one attached hydrogen (secondary N) is 1. The van der Waals surface area contributed by atoms with Crippen LogP contribution in [-0.2, 0) is 30.1 Å².